The van der Waals surface area contributed by atoms with Crippen LogP contribution in [0.3, 0.4) is 0 Å². The summed E-state index contributed by atoms with van der Waals surface area (Å²) in [6.07, 6.45) is 3.93. The predicted octanol–water partition coefficient (Wildman–Crippen LogP) is 2.17. The zero-order valence-electron chi connectivity index (χ0n) is 9.62. The molecule has 4 heteroatoms. The van der Waals surface area contributed by atoms with Gasteiger partial charge in [0.05, 0.1) is 12.9 Å². The highest BCUT2D eigenvalue weighted by atomic mass is 16.5. The summed E-state index contributed by atoms with van der Waals surface area (Å²) in [6.45, 7) is 7.13. The van der Waals surface area contributed by atoms with Gasteiger partial charge in [-0.15, -0.1) is 0 Å². The van der Waals surface area contributed by atoms with E-state index in [4.69, 9.17) is 4.74 Å². The second-order valence-electron chi connectivity index (χ2n) is 3.45. The van der Waals surface area contributed by atoms with Gasteiger partial charge in [-0.3, -0.25) is 0 Å². The first kappa shape index (κ1) is 11.8. The third kappa shape index (κ3) is 2.81. The standard InChI is InChI=1S/C11H18N2O2/c1-4-6-7-13-8-12-10(9(13)3)11(14)15-5-2/h8H,4-7H2,1-3H3. The molecular weight excluding hydrogens is 192 g/mol. The van der Waals surface area contributed by atoms with Gasteiger partial charge in [0.25, 0.3) is 0 Å². The Kier molecular flexibility index (Phi) is 4.34. The molecule has 0 bridgehead atoms. The number of hydrogen-bond acceptors (Lipinski definition) is 3. The smallest absolute Gasteiger partial charge is 0.358 e. The molecule has 0 saturated carbocycles. The van der Waals surface area contributed by atoms with Crippen LogP contribution in [0.15, 0.2) is 6.33 Å². The maximum Gasteiger partial charge on any atom is 0.358 e. The van der Waals surface area contributed by atoms with E-state index < -0.39 is 0 Å². The van der Waals surface area contributed by atoms with Gasteiger partial charge in [0.1, 0.15) is 0 Å². The number of nitrogens with zero attached hydrogens (tertiary/aromatic N) is 2. The van der Waals surface area contributed by atoms with E-state index in [-0.39, 0.29) is 5.97 Å². The number of imidazole rings is 1. The Morgan fingerprint density at radius 3 is 2.87 bits per heavy atom. The normalized spacial score (nSPS) is 10.3. The SMILES string of the molecule is CCCCn1cnc(C(=O)OCC)c1C. The van der Waals surface area contributed by atoms with E-state index >= 15 is 0 Å². The Balaban J connectivity index is 2.74. The molecule has 1 aromatic heterocycles. The third-order valence-electron chi connectivity index (χ3n) is 2.32. The maximum absolute atomic E-state index is 11.5. The summed E-state index contributed by atoms with van der Waals surface area (Å²) in [7, 11) is 0. The van der Waals surface area contributed by atoms with E-state index in [1.165, 1.54) is 0 Å². The molecule has 0 spiro atoms. The second kappa shape index (κ2) is 5.53. The summed E-state index contributed by atoms with van der Waals surface area (Å²) < 4.78 is 6.91. The van der Waals surface area contributed by atoms with E-state index in [9.17, 15) is 4.79 Å². The first-order valence-electron chi connectivity index (χ1n) is 5.39. The molecule has 0 fully saturated rings. The zero-order valence-corrected chi connectivity index (χ0v) is 9.62. The number of esters is 1. The molecule has 1 rings (SSSR count). The molecule has 0 N–H and O–H groups in total. The first-order valence-corrected chi connectivity index (χ1v) is 5.39. The second-order valence-corrected chi connectivity index (χ2v) is 3.45. The van der Waals surface area contributed by atoms with Gasteiger partial charge < -0.3 is 9.30 Å². The number of rotatable bonds is 5. The Hall–Kier alpha value is -1.32. The molecule has 0 aliphatic heterocycles. The van der Waals surface area contributed by atoms with Gasteiger partial charge in [-0.05, 0) is 20.3 Å². The monoisotopic (exact) mass is 210 g/mol. The van der Waals surface area contributed by atoms with Crippen molar-refractivity contribution in [3.05, 3.63) is 17.7 Å². The number of unbranched alkanes of at least 4 members (excludes halogenated alkanes) is 1. The molecule has 0 saturated heterocycles. The fraction of sp³-hybridized carbons (Fsp3) is 0.636. The Labute approximate surface area is 90.3 Å². The van der Waals surface area contributed by atoms with E-state index in [0.717, 1.165) is 25.1 Å². The molecule has 0 aromatic carbocycles. The lowest BCUT2D eigenvalue weighted by Gasteiger charge is -2.04. The highest BCUT2D eigenvalue weighted by molar-refractivity contribution is 5.88. The molecule has 0 aliphatic carbocycles. The van der Waals surface area contributed by atoms with E-state index in [0.29, 0.717) is 12.3 Å². The van der Waals surface area contributed by atoms with Crippen LogP contribution in [-0.2, 0) is 11.3 Å². The van der Waals surface area contributed by atoms with Gasteiger partial charge in [0.2, 0.25) is 0 Å². The molecule has 0 aliphatic rings. The highest BCUT2D eigenvalue weighted by Gasteiger charge is 2.14. The minimum Gasteiger partial charge on any atom is -0.461 e. The van der Waals surface area contributed by atoms with E-state index in [2.05, 4.69) is 11.9 Å². The average Bonchev–Trinajstić information content (AvgIpc) is 2.57. The van der Waals surface area contributed by atoms with Crippen molar-refractivity contribution in [1.82, 2.24) is 9.55 Å². The summed E-state index contributed by atoms with van der Waals surface area (Å²) >= 11 is 0. The number of carbonyl (C=O) groups excluding carboxylic acids is 1. The van der Waals surface area contributed by atoms with E-state index in [1.807, 2.05) is 11.5 Å². The molecule has 0 unspecified atom stereocenters. The summed E-state index contributed by atoms with van der Waals surface area (Å²) in [6, 6.07) is 0. The van der Waals surface area contributed by atoms with Gasteiger partial charge >= 0.3 is 5.97 Å². The zero-order chi connectivity index (χ0) is 11.3. The fourth-order valence-corrected chi connectivity index (χ4v) is 1.40. The molecular formula is C11H18N2O2. The summed E-state index contributed by atoms with van der Waals surface area (Å²) in [5.74, 6) is -0.328. The molecule has 1 heterocycles. The van der Waals surface area contributed by atoms with Gasteiger partial charge in [0, 0.05) is 12.2 Å². The number of hydrogen-bond donors (Lipinski definition) is 0. The lowest BCUT2D eigenvalue weighted by Crippen LogP contribution is -2.08. The minimum absolute atomic E-state index is 0.328. The molecule has 84 valence electrons. The Morgan fingerprint density at radius 2 is 2.27 bits per heavy atom. The number of aromatic nitrogens is 2. The number of carbonyl (C=O) groups is 1. The van der Waals surface area contributed by atoms with Gasteiger partial charge in [-0.25, -0.2) is 9.78 Å². The quantitative estimate of drug-likeness (QED) is 0.699. The van der Waals surface area contributed by atoms with Crippen LogP contribution in [0, 0.1) is 6.92 Å². The van der Waals surface area contributed by atoms with Gasteiger partial charge in [-0.1, -0.05) is 13.3 Å². The first-order chi connectivity index (χ1) is 7.20. The topological polar surface area (TPSA) is 44.1 Å². The van der Waals surface area contributed by atoms with Crippen LogP contribution in [0.2, 0.25) is 0 Å². The van der Waals surface area contributed by atoms with Crippen molar-refractivity contribution in [1.29, 1.82) is 0 Å². The van der Waals surface area contributed by atoms with Crippen LogP contribution in [0.1, 0.15) is 42.9 Å². The van der Waals surface area contributed by atoms with Crippen LogP contribution in [0.25, 0.3) is 0 Å². The molecule has 0 atom stereocenters. The van der Waals surface area contributed by atoms with Crippen LogP contribution in [-0.4, -0.2) is 22.1 Å². The lowest BCUT2D eigenvalue weighted by atomic mass is 10.3. The van der Waals surface area contributed by atoms with Crippen molar-refractivity contribution in [2.24, 2.45) is 0 Å². The third-order valence-corrected chi connectivity index (χ3v) is 2.32. The van der Waals surface area contributed by atoms with Crippen molar-refractivity contribution in [2.75, 3.05) is 6.61 Å². The lowest BCUT2D eigenvalue weighted by molar-refractivity contribution is 0.0519. The van der Waals surface area contributed by atoms with Crippen molar-refractivity contribution < 1.29 is 9.53 Å². The van der Waals surface area contributed by atoms with Crippen LogP contribution < -0.4 is 0 Å². The van der Waals surface area contributed by atoms with Crippen LogP contribution >= 0.6 is 0 Å². The van der Waals surface area contributed by atoms with Crippen molar-refractivity contribution >= 4 is 5.97 Å². The number of aryl methyl sites for hydroxylation is 1. The van der Waals surface area contributed by atoms with Crippen molar-refractivity contribution in [3.8, 4) is 0 Å². The molecule has 0 radical (unpaired) electrons. The molecule has 0 amide bonds. The van der Waals surface area contributed by atoms with Crippen LogP contribution in [0.4, 0.5) is 0 Å². The largest absolute Gasteiger partial charge is 0.461 e. The average molecular weight is 210 g/mol. The minimum atomic E-state index is -0.328. The molecule has 4 nitrogen and oxygen atoms in total. The highest BCUT2D eigenvalue weighted by Crippen LogP contribution is 2.09. The predicted molar refractivity (Wildman–Crippen MR) is 57.8 cm³/mol. The van der Waals surface area contributed by atoms with E-state index in [1.54, 1.807) is 13.3 Å². The summed E-state index contributed by atoms with van der Waals surface area (Å²) in [4.78, 5) is 15.5. The van der Waals surface area contributed by atoms with Gasteiger partial charge in [-0.2, -0.15) is 0 Å². The van der Waals surface area contributed by atoms with Crippen LogP contribution in [0.5, 0.6) is 0 Å². The Bertz CT molecular complexity index is 331. The summed E-state index contributed by atoms with van der Waals surface area (Å²) in [5, 5.41) is 0. The van der Waals surface area contributed by atoms with Crippen molar-refractivity contribution in [2.45, 2.75) is 40.2 Å². The molecule has 1 aromatic rings. The Morgan fingerprint density at radius 1 is 1.53 bits per heavy atom. The number of ether oxygens (including phenoxy) is 1. The fourth-order valence-electron chi connectivity index (χ4n) is 1.40. The van der Waals surface area contributed by atoms with Gasteiger partial charge in [0.15, 0.2) is 5.69 Å². The maximum atomic E-state index is 11.5. The summed E-state index contributed by atoms with van der Waals surface area (Å²) in [5.41, 5.74) is 1.33. The van der Waals surface area contributed by atoms with Crippen molar-refractivity contribution in [3.63, 3.8) is 0 Å². The molecule has 15 heavy (non-hydrogen) atoms.